The number of nitrogens with one attached hydrogen (secondary N) is 1. The topological polar surface area (TPSA) is 86.6 Å². The SMILES string of the molecule is Cc1ccc(C(=O)NC2(CC(=O)O)CCCCC2)c(O)c1. The molecule has 5 nitrogen and oxygen atoms in total. The number of aryl methyl sites for hydroxylation is 1. The molecule has 114 valence electrons. The molecule has 0 saturated heterocycles. The number of carbonyl (C=O) groups excluding carboxylic acids is 1. The first kappa shape index (κ1) is 15.4. The third kappa shape index (κ3) is 3.74. The summed E-state index contributed by atoms with van der Waals surface area (Å²) in [5, 5.41) is 21.8. The smallest absolute Gasteiger partial charge is 0.305 e. The van der Waals surface area contributed by atoms with Crippen LogP contribution < -0.4 is 5.32 Å². The molecule has 1 aromatic carbocycles. The number of amides is 1. The highest BCUT2D eigenvalue weighted by Crippen LogP contribution is 2.32. The van der Waals surface area contributed by atoms with Crippen molar-refractivity contribution in [2.75, 3.05) is 0 Å². The van der Waals surface area contributed by atoms with Gasteiger partial charge in [-0.15, -0.1) is 0 Å². The van der Waals surface area contributed by atoms with Crippen molar-refractivity contribution in [1.82, 2.24) is 5.32 Å². The van der Waals surface area contributed by atoms with Crippen molar-refractivity contribution in [2.24, 2.45) is 0 Å². The minimum Gasteiger partial charge on any atom is -0.507 e. The van der Waals surface area contributed by atoms with Gasteiger partial charge >= 0.3 is 5.97 Å². The number of benzene rings is 1. The van der Waals surface area contributed by atoms with Crippen LogP contribution in [-0.4, -0.2) is 27.6 Å². The molecule has 0 aromatic heterocycles. The van der Waals surface area contributed by atoms with Gasteiger partial charge in [0.05, 0.1) is 17.5 Å². The van der Waals surface area contributed by atoms with Gasteiger partial charge in [-0.2, -0.15) is 0 Å². The second-order valence-corrected chi connectivity index (χ2v) is 5.89. The zero-order chi connectivity index (χ0) is 15.5. The van der Waals surface area contributed by atoms with E-state index in [1.165, 1.54) is 6.07 Å². The minimum absolute atomic E-state index is 0.0752. The fourth-order valence-corrected chi connectivity index (χ4v) is 3.01. The summed E-state index contributed by atoms with van der Waals surface area (Å²) in [5.41, 5.74) is 0.358. The van der Waals surface area contributed by atoms with Crippen LogP contribution in [0.3, 0.4) is 0 Å². The van der Waals surface area contributed by atoms with E-state index in [4.69, 9.17) is 5.11 Å². The molecule has 1 amide bonds. The first-order valence-corrected chi connectivity index (χ1v) is 7.26. The molecule has 5 heteroatoms. The van der Waals surface area contributed by atoms with Crippen molar-refractivity contribution in [1.29, 1.82) is 0 Å². The lowest BCUT2D eigenvalue weighted by Gasteiger charge is -2.37. The molecule has 0 unspecified atom stereocenters. The van der Waals surface area contributed by atoms with Gasteiger partial charge in [-0.05, 0) is 37.5 Å². The monoisotopic (exact) mass is 291 g/mol. The van der Waals surface area contributed by atoms with E-state index in [2.05, 4.69) is 5.32 Å². The van der Waals surface area contributed by atoms with E-state index < -0.39 is 17.4 Å². The highest BCUT2D eigenvalue weighted by molar-refractivity contribution is 5.97. The number of aliphatic carboxylic acids is 1. The largest absolute Gasteiger partial charge is 0.507 e. The Morgan fingerprint density at radius 2 is 1.90 bits per heavy atom. The molecule has 0 atom stereocenters. The van der Waals surface area contributed by atoms with Crippen LogP contribution in [0.25, 0.3) is 0 Å². The van der Waals surface area contributed by atoms with E-state index in [9.17, 15) is 14.7 Å². The van der Waals surface area contributed by atoms with E-state index in [-0.39, 0.29) is 17.7 Å². The van der Waals surface area contributed by atoms with E-state index in [0.29, 0.717) is 12.8 Å². The average molecular weight is 291 g/mol. The van der Waals surface area contributed by atoms with Crippen molar-refractivity contribution in [3.63, 3.8) is 0 Å². The third-order valence-corrected chi connectivity index (χ3v) is 4.08. The third-order valence-electron chi connectivity index (χ3n) is 4.08. The standard InChI is InChI=1S/C16H21NO4/c1-11-5-6-12(13(18)9-11)15(21)17-16(10-14(19)20)7-3-2-4-8-16/h5-6,9,18H,2-4,7-8,10H2,1H3,(H,17,21)(H,19,20). The number of hydrogen-bond acceptors (Lipinski definition) is 3. The van der Waals surface area contributed by atoms with E-state index in [0.717, 1.165) is 24.8 Å². The maximum absolute atomic E-state index is 12.4. The predicted octanol–water partition coefficient (Wildman–Crippen LogP) is 2.61. The van der Waals surface area contributed by atoms with Crippen molar-refractivity contribution < 1.29 is 19.8 Å². The van der Waals surface area contributed by atoms with Gasteiger partial charge in [0.2, 0.25) is 0 Å². The summed E-state index contributed by atoms with van der Waals surface area (Å²) in [6.07, 6.45) is 4.13. The number of phenols is 1. The second-order valence-electron chi connectivity index (χ2n) is 5.89. The second kappa shape index (κ2) is 6.16. The van der Waals surface area contributed by atoms with Crippen molar-refractivity contribution in [3.8, 4) is 5.75 Å². The molecule has 1 aliphatic carbocycles. The lowest BCUT2D eigenvalue weighted by Crippen LogP contribution is -2.51. The van der Waals surface area contributed by atoms with Crippen LogP contribution in [0.4, 0.5) is 0 Å². The molecule has 2 rings (SSSR count). The molecule has 0 heterocycles. The first-order valence-electron chi connectivity index (χ1n) is 7.26. The molecule has 1 aromatic rings. The van der Waals surface area contributed by atoms with Gasteiger partial charge in [0, 0.05) is 0 Å². The number of carboxylic acid groups (broad SMARTS) is 1. The average Bonchev–Trinajstić information content (AvgIpc) is 2.38. The fourth-order valence-electron chi connectivity index (χ4n) is 3.01. The van der Waals surface area contributed by atoms with Crippen LogP contribution in [0.15, 0.2) is 18.2 Å². The summed E-state index contributed by atoms with van der Waals surface area (Å²) in [6, 6.07) is 4.84. The lowest BCUT2D eigenvalue weighted by atomic mass is 9.79. The van der Waals surface area contributed by atoms with Crippen LogP contribution in [0, 0.1) is 6.92 Å². The fraction of sp³-hybridized carbons (Fsp3) is 0.500. The number of hydrogen-bond donors (Lipinski definition) is 3. The summed E-state index contributed by atoms with van der Waals surface area (Å²) in [6.45, 7) is 1.83. The Morgan fingerprint density at radius 1 is 1.24 bits per heavy atom. The quantitative estimate of drug-likeness (QED) is 0.796. The van der Waals surface area contributed by atoms with Crippen molar-refractivity contribution >= 4 is 11.9 Å². The van der Waals surface area contributed by atoms with Gasteiger partial charge in [-0.3, -0.25) is 9.59 Å². The molecular weight excluding hydrogens is 270 g/mol. The lowest BCUT2D eigenvalue weighted by molar-refractivity contribution is -0.139. The Kier molecular flexibility index (Phi) is 4.50. The van der Waals surface area contributed by atoms with Crippen molar-refractivity contribution in [3.05, 3.63) is 29.3 Å². The van der Waals surface area contributed by atoms with E-state index >= 15 is 0 Å². The number of aromatic hydroxyl groups is 1. The molecule has 21 heavy (non-hydrogen) atoms. The normalized spacial score (nSPS) is 17.2. The molecule has 3 N–H and O–H groups in total. The van der Waals surface area contributed by atoms with Gasteiger partial charge in [0.1, 0.15) is 5.75 Å². The Bertz CT molecular complexity index is 547. The van der Waals surface area contributed by atoms with Gasteiger partial charge in [-0.25, -0.2) is 0 Å². The van der Waals surface area contributed by atoms with Gasteiger partial charge in [0.25, 0.3) is 5.91 Å². The molecule has 0 radical (unpaired) electrons. The summed E-state index contributed by atoms with van der Waals surface area (Å²) >= 11 is 0. The van der Waals surface area contributed by atoms with Crippen LogP contribution >= 0.6 is 0 Å². The molecule has 0 bridgehead atoms. The summed E-state index contributed by atoms with van der Waals surface area (Å²) < 4.78 is 0. The Balaban J connectivity index is 2.19. The first-order chi connectivity index (χ1) is 9.92. The zero-order valence-corrected chi connectivity index (χ0v) is 12.2. The Hall–Kier alpha value is -2.04. The van der Waals surface area contributed by atoms with Crippen molar-refractivity contribution in [2.45, 2.75) is 51.0 Å². The maximum Gasteiger partial charge on any atom is 0.305 e. The number of rotatable bonds is 4. The van der Waals surface area contributed by atoms with E-state index in [1.807, 2.05) is 6.92 Å². The van der Waals surface area contributed by atoms with Crippen LogP contribution in [-0.2, 0) is 4.79 Å². The molecule has 1 fully saturated rings. The molecular formula is C16H21NO4. The number of phenolic OH excluding ortho intramolecular Hbond substituents is 1. The number of carbonyl (C=O) groups is 2. The highest BCUT2D eigenvalue weighted by atomic mass is 16.4. The Morgan fingerprint density at radius 3 is 2.48 bits per heavy atom. The van der Waals surface area contributed by atoms with Gasteiger partial charge < -0.3 is 15.5 Å². The molecule has 1 aliphatic rings. The predicted molar refractivity (Wildman–Crippen MR) is 78.4 cm³/mol. The molecule has 0 spiro atoms. The van der Waals surface area contributed by atoms with Gasteiger partial charge in [0.15, 0.2) is 0 Å². The summed E-state index contributed by atoms with van der Waals surface area (Å²) in [7, 11) is 0. The highest BCUT2D eigenvalue weighted by Gasteiger charge is 2.36. The molecule has 1 saturated carbocycles. The minimum atomic E-state index is -0.912. The van der Waals surface area contributed by atoms with Crippen LogP contribution in [0.2, 0.25) is 0 Å². The van der Waals surface area contributed by atoms with Crippen LogP contribution in [0.5, 0.6) is 5.75 Å². The summed E-state index contributed by atoms with van der Waals surface area (Å²) in [4.78, 5) is 23.5. The summed E-state index contributed by atoms with van der Waals surface area (Å²) in [5.74, 6) is -1.39. The maximum atomic E-state index is 12.4. The van der Waals surface area contributed by atoms with Gasteiger partial charge in [-0.1, -0.05) is 25.3 Å². The zero-order valence-electron chi connectivity index (χ0n) is 12.2. The molecule has 0 aliphatic heterocycles. The number of carboxylic acids is 1. The van der Waals surface area contributed by atoms with Crippen LogP contribution in [0.1, 0.15) is 54.4 Å². The van der Waals surface area contributed by atoms with E-state index in [1.54, 1.807) is 12.1 Å². The Labute approximate surface area is 124 Å².